The fraction of sp³-hybridized carbons (Fsp3) is 0.727. The van der Waals surface area contributed by atoms with Gasteiger partial charge in [-0.05, 0) is 62.8 Å². The summed E-state index contributed by atoms with van der Waals surface area (Å²) in [5.41, 5.74) is 1.67. The lowest BCUT2D eigenvalue weighted by atomic mass is 9.84. The van der Waals surface area contributed by atoms with Gasteiger partial charge in [0.05, 0.1) is 0 Å². The van der Waals surface area contributed by atoms with Crippen LogP contribution in [0.1, 0.15) is 138 Å². The molecule has 0 aliphatic rings. The third-order valence-corrected chi connectivity index (χ3v) is 8.81. The molecule has 0 bridgehead atoms. The van der Waals surface area contributed by atoms with Crippen LogP contribution in [0.15, 0.2) is 28.5 Å². The van der Waals surface area contributed by atoms with Crippen LogP contribution >= 0.6 is 23.5 Å². The lowest BCUT2D eigenvalue weighted by molar-refractivity contribution is 0.469. The molecule has 0 fully saturated rings. The van der Waals surface area contributed by atoms with Crippen LogP contribution in [-0.4, -0.2) is 37.1 Å². The third kappa shape index (κ3) is 12.2. The summed E-state index contributed by atoms with van der Waals surface area (Å²) in [6.07, 6.45) is 15.4. The summed E-state index contributed by atoms with van der Waals surface area (Å²) in [7, 11) is 0. The molecule has 0 amide bonds. The van der Waals surface area contributed by atoms with Crippen LogP contribution in [0.4, 0.5) is 11.6 Å². The Labute approximate surface area is 254 Å². The Kier molecular flexibility index (Phi) is 15.2. The van der Waals surface area contributed by atoms with Crippen LogP contribution in [0.25, 0.3) is 0 Å². The smallest absolute Gasteiger partial charge is 0.235 e. The molecule has 226 valence electrons. The topological polar surface area (TPSA) is 62.1 Å². The number of benzene rings is 1. The summed E-state index contributed by atoms with van der Waals surface area (Å²) in [6.45, 7) is 17.7. The van der Waals surface area contributed by atoms with E-state index >= 15 is 0 Å². The van der Waals surface area contributed by atoms with Crippen molar-refractivity contribution >= 4 is 35.2 Å². The maximum atomic E-state index is 10.4. The largest absolute Gasteiger partial charge is 0.508 e. The van der Waals surface area contributed by atoms with E-state index in [4.69, 9.17) is 15.0 Å². The van der Waals surface area contributed by atoms with E-state index in [0.717, 1.165) is 33.1 Å². The van der Waals surface area contributed by atoms with Gasteiger partial charge < -0.3 is 10.0 Å². The summed E-state index contributed by atoms with van der Waals surface area (Å²) in [4.78, 5) is 17.2. The molecule has 0 unspecified atom stereocenters. The van der Waals surface area contributed by atoms with Crippen molar-refractivity contribution < 1.29 is 5.11 Å². The van der Waals surface area contributed by atoms with Crippen LogP contribution in [0, 0.1) is 0 Å². The van der Waals surface area contributed by atoms with E-state index in [2.05, 4.69) is 60.3 Å². The Morgan fingerprint density at radius 2 is 1.15 bits per heavy atom. The number of anilines is 2. The second-order valence-electron chi connectivity index (χ2n) is 12.9. The Balaban J connectivity index is 2.34. The molecule has 0 aliphatic heterocycles. The van der Waals surface area contributed by atoms with E-state index in [1.54, 1.807) is 29.6 Å². The molecule has 0 saturated carbocycles. The first-order valence-corrected chi connectivity index (χ1v) is 17.6. The second kappa shape index (κ2) is 17.5. The van der Waals surface area contributed by atoms with Crippen LogP contribution in [0.2, 0.25) is 0 Å². The van der Waals surface area contributed by atoms with Crippen molar-refractivity contribution in [3.05, 3.63) is 23.8 Å². The molecule has 40 heavy (non-hydrogen) atoms. The highest BCUT2D eigenvalue weighted by Gasteiger charge is 2.32. The first-order chi connectivity index (χ1) is 19.0. The Morgan fingerprint density at radius 3 is 1.60 bits per heavy atom. The number of hydrogen-bond acceptors (Lipinski definition) is 7. The normalized spacial score (nSPS) is 12.2. The summed E-state index contributed by atoms with van der Waals surface area (Å²) < 4.78 is 0. The number of thioether (sulfide) groups is 2. The summed E-state index contributed by atoms with van der Waals surface area (Å²) in [6, 6.07) is 5.67. The van der Waals surface area contributed by atoms with Crippen molar-refractivity contribution in [1.82, 2.24) is 15.0 Å². The highest BCUT2D eigenvalue weighted by atomic mass is 32.2. The molecular formula is C33H56N4OS2. The number of aromatic hydroxyl groups is 1. The molecule has 0 radical (unpaired) electrons. The van der Waals surface area contributed by atoms with E-state index in [1.807, 2.05) is 12.1 Å². The number of rotatable bonds is 18. The zero-order valence-corrected chi connectivity index (χ0v) is 28.3. The molecule has 2 aromatic rings. The Hall–Kier alpha value is -1.47. The standard InChI is InChI=1S/C33H56N4OS2/c1-9-11-13-15-17-19-23-39-30-34-29(35-31(36-30)40-24-20-18-16-14-12-10-2)37(33(6,7)8)28-22-21-26(38)25-27(28)32(3,4)5/h21-22,25,38H,9-20,23-24H2,1-8H3. The lowest BCUT2D eigenvalue weighted by Gasteiger charge is -2.39. The molecule has 0 saturated heterocycles. The van der Waals surface area contributed by atoms with E-state index in [0.29, 0.717) is 5.95 Å². The number of unbranched alkanes of at least 4 members (excludes halogenated alkanes) is 10. The highest BCUT2D eigenvalue weighted by molar-refractivity contribution is 7.99. The van der Waals surface area contributed by atoms with Crippen molar-refractivity contribution in [2.24, 2.45) is 0 Å². The SMILES string of the molecule is CCCCCCCCSc1nc(SCCCCCCCC)nc(N(c2ccc(O)cc2C(C)(C)C)C(C)(C)C)n1. The first kappa shape index (κ1) is 34.7. The number of aromatic nitrogens is 3. The molecule has 2 rings (SSSR count). The van der Waals surface area contributed by atoms with E-state index in [9.17, 15) is 5.11 Å². The van der Waals surface area contributed by atoms with Crippen molar-refractivity contribution in [1.29, 1.82) is 0 Å². The minimum absolute atomic E-state index is 0.157. The number of phenolic OH excluding ortho intramolecular Hbond substituents is 1. The van der Waals surface area contributed by atoms with Crippen LogP contribution in [-0.2, 0) is 5.41 Å². The molecule has 0 aliphatic carbocycles. The van der Waals surface area contributed by atoms with E-state index in [1.165, 1.54) is 77.0 Å². The van der Waals surface area contributed by atoms with Gasteiger partial charge in [-0.25, -0.2) is 0 Å². The number of hydrogen-bond donors (Lipinski definition) is 1. The highest BCUT2D eigenvalue weighted by Crippen LogP contribution is 2.41. The van der Waals surface area contributed by atoms with E-state index in [-0.39, 0.29) is 16.7 Å². The lowest BCUT2D eigenvalue weighted by Crippen LogP contribution is -2.40. The van der Waals surface area contributed by atoms with Crippen molar-refractivity contribution in [2.45, 2.75) is 154 Å². The zero-order chi connectivity index (χ0) is 29.6. The predicted molar refractivity (Wildman–Crippen MR) is 177 cm³/mol. The van der Waals surface area contributed by atoms with Gasteiger partial charge in [0.15, 0.2) is 10.3 Å². The average molecular weight is 589 g/mol. The summed E-state index contributed by atoms with van der Waals surface area (Å²) in [5.74, 6) is 3.02. The predicted octanol–water partition coefficient (Wildman–Crippen LogP) is 10.7. The second-order valence-corrected chi connectivity index (χ2v) is 15.0. The van der Waals surface area contributed by atoms with Gasteiger partial charge in [0.1, 0.15) is 5.75 Å². The molecular weight excluding hydrogens is 533 g/mol. The molecule has 1 N–H and O–H groups in total. The van der Waals surface area contributed by atoms with Crippen LogP contribution in [0.3, 0.4) is 0 Å². The number of nitrogens with zero attached hydrogens (tertiary/aromatic N) is 4. The molecule has 0 atom stereocenters. The first-order valence-electron chi connectivity index (χ1n) is 15.6. The van der Waals surface area contributed by atoms with Crippen molar-refractivity contribution in [3.63, 3.8) is 0 Å². The molecule has 7 heteroatoms. The van der Waals surface area contributed by atoms with Gasteiger partial charge in [0.2, 0.25) is 5.95 Å². The quantitative estimate of drug-likeness (QED) is 0.137. The maximum Gasteiger partial charge on any atom is 0.235 e. The fourth-order valence-corrected chi connectivity index (χ4v) is 6.45. The minimum Gasteiger partial charge on any atom is -0.508 e. The van der Waals surface area contributed by atoms with Gasteiger partial charge in [0, 0.05) is 22.7 Å². The van der Waals surface area contributed by atoms with Crippen molar-refractivity contribution in [3.8, 4) is 5.75 Å². The molecule has 5 nitrogen and oxygen atoms in total. The zero-order valence-electron chi connectivity index (χ0n) is 26.7. The average Bonchev–Trinajstić information content (AvgIpc) is 2.87. The molecule has 0 spiro atoms. The molecule has 1 aromatic heterocycles. The maximum absolute atomic E-state index is 10.4. The van der Waals surface area contributed by atoms with Crippen LogP contribution < -0.4 is 4.90 Å². The Morgan fingerprint density at radius 1 is 0.675 bits per heavy atom. The summed E-state index contributed by atoms with van der Waals surface area (Å²) in [5, 5.41) is 12.0. The number of phenols is 1. The molecule has 1 aromatic carbocycles. The summed E-state index contributed by atoms with van der Waals surface area (Å²) >= 11 is 3.52. The van der Waals surface area contributed by atoms with Gasteiger partial charge >= 0.3 is 0 Å². The van der Waals surface area contributed by atoms with Gasteiger partial charge in [-0.15, -0.1) is 0 Å². The van der Waals surface area contributed by atoms with E-state index < -0.39 is 0 Å². The van der Waals surface area contributed by atoms with Gasteiger partial charge in [0.25, 0.3) is 0 Å². The third-order valence-electron chi connectivity index (χ3n) is 6.94. The molecule has 1 heterocycles. The van der Waals surface area contributed by atoms with Crippen LogP contribution in [0.5, 0.6) is 5.75 Å². The monoisotopic (exact) mass is 588 g/mol. The van der Waals surface area contributed by atoms with Gasteiger partial charge in [-0.3, -0.25) is 0 Å². The fourth-order valence-electron chi connectivity index (χ4n) is 4.74. The van der Waals surface area contributed by atoms with Gasteiger partial charge in [-0.1, -0.05) is 122 Å². The minimum atomic E-state index is -0.277. The van der Waals surface area contributed by atoms with Gasteiger partial charge in [-0.2, -0.15) is 15.0 Å². The van der Waals surface area contributed by atoms with Crippen molar-refractivity contribution in [2.75, 3.05) is 16.4 Å². The Bertz CT molecular complexity index is 965.